The first-order valence-corrected chi connectivity index (χ1v) is 9.39. The number of hydrogen-bond donors (Lipinski definition) is 0. The average molecular weight is 375 g/mol. The summed E-state index contributed by atoms with van der Waals surface area (Å²) >= 11 is 0. The normalized spacial score (nSPS) is 21.3. The summed E-state index contributed by atoms with van der Waals surface area (Å²) in [7, 11) is 0. The molecule has 0 unspecified atom stereocenters. The lowest BCUT2D eigenvalue weighted by Crippen LogP contribution is -2.30. The van der Waals surface area contributed by atoms with Crippen molar-refractivity contribution in [3.8, 4) is 5.75 Å². The first-order chi connectivity index (χ1) is 13.5. The van der Waals surface area contributed by atoms with Gasteiger partial charge in [0.25, 0.3) is 0 Å². The highest BCUT2D eigenvalue weighted by Gasteiger charge is 2.48. The molecule has 5 heteroatoms. The molecule has 1 fully saturated rings. The standard InChI is InChI=1S/C23H21NO4/c1-15-10-11-19-20(12-15)23(27)24(22(19)26)17-8-5-9-18(13-17)28-14-21(25)16-6-3-2-4-7-16/h2-10,13,19-20H,11-12,14H2,1H3/t19-,20+/m1/s1. The lowest BCUT2D eigenvalue weighted by molar-refractivity contribution is -0.122. The molecule has 0 radical (unpaired) electrons. The van der Waals surface area contributed by atoms with Crippen LogP contribution in [0, 0.1) is 11.8 Å². The van der Waals surface area contributed by atoms with Crippen LogP contribution in [0.2, 0.25) is 0 Å². The molecule has 1 aliphatic heterocycles. The van der Waals surface area contributed by atoms with E-state index >= 15 is 0 Å². The molecule has 0 N–H and O–H groups in total. The van der Waals surface area contributed by atoms with Crippen LogP contribution in [0.5, 0.6) is 5.75 Å². The number of rotatable bonds is 5. The average Bonchev–Trinajstić information content (AvgIpc) is 2.96. The van der Waals surface area contributed by atoms with Crippen molar-refractivity contribution in [1.29, 1.82) is 0 Å². The molecular weight excluding hydrogens is 354 g/mol. The number of carbonyl (C=O) groups is 3. The molecule has 0 saturated carbocycles. The van der Waals surface area contributed by atoms with Crippen molar-refractivity contribution >= 4 is 23.3 Å². The van der Waals surface area contributed by atoms with Crippen LogP contribution in [0.3, 0.4) is 0 Å². The predicted molar refractivity (Wildman–Crippen MR) is 105 cm³/mol. The third kappa shape index (κ3) is 3.36. The van der Waals surface area contributed by atoms with E-state index in [2.05, 4.69) is 0 Å². The Balaban J connectivity index is 1.49. The van der Waals surface area contributed by atoms with Gasteiger partial charge in [0.1, 0.15) is 5.75 Å². The highest BCUT2D eigenvalue weighted by atomic mass is 16.5. The Labute approximate surface area is 163 Å². The molecule has 2 amide bonds. The molecule has 2 aromatic carbocycles. The zero-order chi connectivity index (χ0) is 19.7. The SMILES string of the molecule is CC1=CC[C@H]2C(=O)N(c3cccc(OCC(=O)c4ccccc4)c3)C(=O)[C@H]2C1. The summed E-state index contributed by atoms with van der Waals surface area (Å²) in [4.78, 5) is 39.1. The smallest absolute Gasteiger partial charge is 0.238 e. The Morgan fingerprint density at radius 1 is 1.04 bits per heavy atom. The van der Waals surface area contributed by atoms with E-state index in [0.717, 1.165) is 5.57 Å². The minimum absolute atomic E-state index is 0.107. The summed E-state index contributed by atoms with van der Waals surface area (Å²) in [5, 5.41) is 0. The number of nitrogens with zero attached hydrogens (tertiary/aromatic N) is 1. The van der Waals surface area contributed by atoms with Crippen LogP contribution >= 0.6 is 0 Å². The Morgan fingerprint density at radius 2 is 1.79 bits per heavy atom. The monoisotopic (exact) mass is 375 g/mol. The van der Waals surface area contributed by atoms with E-state index in [1.165, 1.54) is 4.90 Å². The van der Waals surface area contributed by atoms with Crippen LogP contribution in [0.1, 0.15) is 30.1 Å². The highest BCUT2D eigenvalue weighted by Crippen LogP contribution is 2.40. The molecule has 0 aromatic heterocycles. The first kappa shape index (κ1) is 18.2. The second kappa shape index (κ2) is 7.43. The Bertz CT molecular complexity index is 964. The van der Waals surface area contributed by atoms with Crippen molar-refractivity contribution in [3.05, 3.63) is 71.8 Å². The van der Waals surface area contributed by atoms with E-state index < -0.39 is 0 Å². The number of carbonyl (C=O) groups excluding carboxylic acids is 3. The minimum atomic E-state index is -0.277. The van der Waals surface area contributed by atoms with Gasteiger partial charge in [0.2, 0.25) is 11.8 Å². The number of ether oxygens (including phenoxy) is 1. The van der Waals surface area contributed by atoms with Crippen molar-refractivity contribution in [2.75, 3.05) is 11.5 Å². The maximum absolute atomic E-state index is 12.8. The molecule has 142 valence electrons. The minimum Gasteiger partial charge on any atom is -0.485 e. The van der Waals surface area contributed by atoms with Crippen LogP contribution in [0.4, 0.5) is 5.69 Å². The predicted octanol–water partition coefficient (Wildman–Crippen LogP) is 3.79. The molecule has 0 spiro atoms. The molecule has 2 atom stereocenters. The Morgan fingerprint density at radius 3 is 2.57 bits per heavy atom. The van der Waals surface area contributed by atoms with E-state index in [4.69, 9.17) is 4.74 Å². The van der Waals surface area contributed by atoms with Gasteiger partial charge in [-0.05, 0) is 31.9 Å². The zero-order valence-corrected chi connectivity index (χ0v) is 15.6. The topological polar surface area (TPSA) is 63.7 Å². The molecule has 4 rings (SSSR count). The van der Waals surface area contributed by atoms with E-state index in [1.54, 1.807) is 48.5 Å². The molecular formula is C23H21NO4. The first-order valence-electron chi connectivity index (χ1n) is 9.39. The van der Waals surface area contributed by atoms with Crippen LogP contribution in [-0.4, -0.2) is 24.2 Å². The lowest BCUT2D eigenvalue weighted by Gasteiger charge is -2.18. The van der Waals surface area contributed by atoms with Gasteiger partial charge >= 0.3 is 0 Å². The van der Waals surface area contributed by atoms with Crippen molar-refractivity contribution in [2.45, 2.75) is 19.8 Å². The number of fused-ring (bicyclic) bond motifs is 1. The third-order valence-corrected chi connectivity index (χ3v) is 5.36. The fourth-order valence-electron chi connectivity index (χ4n) is 3.86. The summed E-state index contributed by atoms with van der Waals surface area (Å²) in [6, 6.07) is 15.7. The number of imide groups is 1. The van der Waals surface area contributed by atoms with Crippen LogP contribution < -0.4 is 9.64 Å². The van der Waals surface area contributed by atoms with Crippen molar-refractivity contribution in [1.82, 2.24) is 0 Å². The van der Waals surface area contributed by atoms with Crippen LogP contribution in [0.25, 0.3) is 0 Å². The largest absolute Gasteiger partial charge is 0.485 e. The third-order valence-electron chi connectivity index (χ3n) is 5.36. The maximum Gasteiger partial charge on any atom is 0.238 e. The molecule has 2 aliphatic rings. The lowest BCUT2D eigenvalue weighted by atomic mass is 9.82. The number of benzene rings is 2. The van der Waals surface area contributed by atoms with Gasteiger partial charge < -0.3 is 4.74 Å². The molecule has 1 saturated heterocycles. The fraction of sp³-hybridized carbons (Fsp3) is 0.261. The maximum atomic E-state index is 12.8. The molecule has 1 heterocycles. The van der Waals surface area contributed by atoms with Gasteiger partial charge in [0.15, 0.2) is 12.4 Å². The van der Waals surface area contributed by atoms with Gasteiger partial charge in [-0.15, -0.1) is 0 Å². The Kier molecular flexibility index (Phi) is 4.82. The number of anilines is 1. The van der Waals surface area contributed by atoms with E-state index in [-0.39, 0.29) is 36.0 Å². The quantitative estimate of drug-likeness (QED) is 0.453. The molecule has 1 aliphatic carbocycles. The summed E-state index contributed by atoms with van der Waals surface area (Å²) < 4.78 is 5.62. The van der Waals surface area contributed by atoms with Crippen molar-refractivity contribution < 1.29 is 19.1 Å². The van der Waals surface area contributed by atoms with Gasteiger partial charge in [-0.2, -0.15) is 0 Å². The summed E-state index contributed by atoms with van der Waals surface area (Å²) in [6.07, 6.45) is 3.29. The van der Waals surface area contributed by atoms with Gasteiger partial charge in [-0.3, -0.25) is 14.4 Å². The second-order valence-electron chi connectivity index (χ2n) is 7.29. The van der Waals surface area contributed by atoms with Crippen molar-refractivity contribution in [2.24, 2.45) is 11.8 Å². The van der Waals surface area contributed by atoms with E-state index in [9.17, 15) is 14.4 Å². The molecule has 2 aromatic rings. The van der Waals surface area contributed by atoms with E-state index in [1.807, 2.05) is 19.1 Å². The van der Waals surface area contributed by atoms with Crippen molar-refractivity contribution in [3.63, 3.8) is 0 Å². The van der Waals surface area contributed by atoms with Gasteiger partial charge in [-0.1, -0.05) is 48.0 Å². The second-order valence-corrected chi connectivity index (χ2v) is 7.29. The number of allylic oxidation sites excluding steroid dienone is 2. The van der Waals surface area contributed by atoms with Crippen LogP contribution in [-0.2, 0) is 9.59 Å². The number of amides is 2. The summed E-state index contributed by atoms with van der Waals surface area (Å²) in [6.45, 7) is 1.89. The highest BCUT2D eigenvalue weighted by molar-refractivity contribution is 6.22. The fourth-order valence-corrected chi connectivity index (χ4v) is 3.86. The molecule has 0 bridgehead atoms. The van der Waals surface area contributed by atoms with E-state index in [0.29, 0.717) is 29.8 Å². The summed E-state index contributed by atoms with van der Waals surface area (Å²) in [5.41, 5.74) is 2.22. The number of hydrogen-bond acceptors (Lipinski definition) is 4. The van der Waals surface area contributed by atoms with Gasteiger partial charge in [0.05, 0.1) is 17.5 Å². The molecule has 28 heavy (non-hydrogen) atoms. The Hall–Kier alpha value is -3.21. The van der Waals surface area contributed by atoms with Crippen LogP contribution in [0.15, 0.2) is 66.2 Å². The summed E-state index contributed by atoms with van der Waals surface area (Å²) in [5.74, 6) is -0.545. The number of Topliss-reactive ketones (excluding diaryl/α,β-unsaturated/α-hetero) is 1. The van der Waals surface area contributed by atoms with Gasteiger partial charge in [0, 0.05) is 11.6 Å². The zero-order valence-electron chi connectivity index (χ0n) is 15.6. The van der Waals surface area contributed by atoms with Gasteiger partial charge in [-0.25, -0.2) is 4.90 Å². The molecule has 5 nitrogen and oxygen atoms in total. The number of ketones is 1.